The molecular formula is C21H25NO2S. The summed E-state index contributed by atoms with van der Waals surface area (Å²) in [6, 6.07) is 16.9. The summed E-state index contributed by atoms with van der Waals surface area (Å²) in [6.07, 6.45) is 3.68. The van der Waals surface area contributed by atoms with Crippen molar-refractivity contribution in [1.29, 1.82) is 0 Å². The van der Waals surface area contributed by atoms with Gasteiger partial charge in [0, 0.05) is 4.90 Å². The average molecular weight is 356 g/mol. The van der Waals surface area contributed by atoms with E-state index in [1.165, 1.54) is 10.5 Å². The van der Waals surface area contributed by atoms with E-state index in [9.17, 15) is 0 Å². The summed E-state index contributed by atoms with van der Waals surface area (Å²) < 4.78 is 12.5. The van der Waals surface area contributed by atoms with Crippen LogP contribution >= 0.6 is 11.8 Å². The summed E-state index contributed by atoms with van der Waals surface area (Å²) in [5.74, 6) is 1.96. The molecule has 2 aromatic rings. The van der Waals surface area contributed by atoms with Gasteiger partial charge in [-0.2, -0.15) is 0 Å². The van der Waals surface area contributed by atoms with Crippen molar-refractivity contribution in [3.63, 3.8) is 0 Å². The molecule has 1 N–H and O–H groups in total. The first-order chi connectivity index (χ1) is 12.3. The van der Waals surface area contributed by atoms with Crippen LogP contribution in [0.15, 0.2) is 53.4 Å². The van der Waals surface area contributed by atoms with Gasteiger partial charge in [0.25, 0.3) is 0 Å². The molecule has 2 aromatic carbocycles. The molecule has 0 aromatic heterocycles. The van der Waals surface area contributed by atoms with Crippen molar-refractivity contribution in [2.24, 2.45) is 0 Å². The summed E-state index contributed by atoms with van der Waals surface area (Å²) in [6.45, 7) is 4.33. The summed E-state index contributed by atoms with van der Waals surface area (Å²) >= 11 is 1.93. The third-order valence-corrected chi connectivity index (χ3v) is 6.39. The number of hydrogen-bond acceptors (Lipinski definition) is 4. The Morgan fingerprint density at radius 3 is 2.60 bits per heavy atom. The monoisotopic (exact) mass is 355 g/mol. The lowest BCUT2D eigenvalue weighted by Gasteiger charge is -2.33. The van der Waals surface area contributed by atoms with Gasteiger partial charge < -0.3 is 14.8 Å². The second-order valence-corrected chi connectivity index (χ2v) is 7.97. The molecule has 2 aliphatic heterocycles. The largest absolute Gasteiger partial charge is 0.490 e. The molecule has 4 heteroatoms. The highest BCUT2D eigenvalue weighted by atomic mass is 32.2. The maximum Gasteiger partial charge on any atom is 0.136 e. The van der Waals surface area contributed by atoms with Crippen molar-refractivity contribution in [2.45, 2.75) is 48.5 Å². The predicted molar refractivity (Wildman–Crippen MR) is 103 cm³/mol. The first-order valence-electron chi connectivity index (χ1n) is 9.23. The zero-order valence-electron chi connectivity index (χ0n) is 14.6. The second kappa shape index (κ2) is 7.71. The van der Waals surface area contributed by atoms with Crippen LogP contribution in [0, 0.1) is 0 Å². The fraction of sp³-hybridized carbons (Fsp3) is 0.429. The fourth-order valence-electron chi connectivity index (χ4n) is 3.50. The first kappa shape index (κ1) is 16.8. The van der Waals surface area contributed by atoms with Gasteiger partial charge in [-0.05, 0) is 62.2 Å². The number of nitrogens with one attached hydrogen (secondary N) is 1. The Bertz CT molecular complexity index is 697. The zero-order valence-corrected chi connectivity index (χ0v) is 15.4. The minimum Gasteiger partial charge on any atom is -0.490 e. The van der Waals surface area contributed by atoms with Crippen LogP contribution in [-0.2, 0) is 0 Å². The number of para-hydroxylation sites is 1. The van der Waals surface area contributed by atoms with Crippen molar-refractivity contribution in [3.05, 3.63) is 54.1 Å². The van der Waals surface area contributed by atoms with E-state index >= 15 is 0 Å². The summed E-state index contributed by atoms with van der Waals surface area (Å²) in [7, 11) is 0. The maximum absolute atomic E-state index is 6.34. The lowest BCUT2D eigenvalue weighted by Crippen LogP contribution is -2.34. The Hall–Kier alpha value is -1.65. The summed E-state index contributed by atoms with van der Waals surface area (Å²) in [4.78, 5) is 1.25. The van der Waals surface area contributed by atoms with Crippen LogP contribution in [0.3, 0.4) is 0 Å². The van der Waals surface area contributed by atoms with Crippen molar-refractivity contribution < 1.29 is 9.47 Å². The lowest BCUT2D eigenvalue weighted by molar-refractivity contribution is 0.162. The van der Waals surface area contributed by atoms with E-state index in [4.69, 9.17) is 9.47 Å². The van der Waals surface area contributed by atoms with E-state index in [0.717, 1.165) is 43.9 Å². The van der Waals surface area contributed by atoms with E-state index in [-0.39, 0.29) is 6.10 Å². The molecule has 0 radical (unpaired) electrons. The van der Waals surface area contributed by atoms with Crippen LogP contribution in [-0.4, -0.2) is 24.4 Å². The molecule has 25 heavy (non-hydrogen) atoms. The van der Waals surface area contributed by atoms with Crippen LogP contribution in [0.5, 0.6) is 11.5 Å². The molecule has 2 heterocycles. The molecule has 3 nitrogen and oxygen atoms in total. The molecule has 0 bridgehead atoms. The van der Waals surface area contributed by atoms with E-state index in [2.05, 4.69) is 54.7 Å². The van der Waals surface area contributed by atoms with E-state index < -0.39 is 0 Å². The normalized spacial score (nSPS) is 23.6. The highest BCUT2D eigenvalue weighted by Gasteiger charge is 2.30. The van der Waals surface area contributed by atoms with Crippen molar-refractivity contribution in [3.8, 4) is 11.5 Å². The van der Waals surface area contributed by atoms with Crippen molar-refractivity contribution >= 4 is 11.8 Å². The van der Waals surface area contributed by atoms with Gasteiger partial charge in [-0.25, -0.2) is 0 Å². The molecule has 1 saturated heterocycles. The van der Waals surface area contributed by atoms with Gasteiger partial charge >= 0.3 is 0 Å². The minimum absolute atomic E-state index is 0.0952. The van der Waals surface area contributed by atoms with Gasteiger partial charge in [-0.3, -0.25) is 0 Å². The van der Waals surface area contributed by atoms with Gasteiger partial charge in [0.2, 0.25) is 0 Å². The second-order valence-electron chi connectivity index (χ2n) is 6.69. The molecule has 2 atom stereocenters. The Morgan fingerprint density at radius 1 is 1.08 bits per heavy atom. The number of hydrogen-bond donors (Lipinski definition) is 1. The van der Waals surface area contributed by atoms with E-state index in [0.29, 0.717) is 11.4 Å². The molecule has 2 aliphatic rings. The minimum atomic E-state index is 0.0952. The Labute approximate surface area is 154 Å². The molecule has 0 saturated carbocycles. The molecule has 0 aliphatic carbocycles. The van der Waals surface area contributed by atoms with Gasteiger partial charge in [-0.1, -0.05) is 31.2 Å². The topological polar surface area (TPSA) is 30.5 Å². The van der Waals surface area contributed by atoms with Gasteiger partial charge in [0.15, 0.2) is 0 Å². The number of benzene rings is 2. The molecule has 4 rings (SSSR count). The fourth-order valence-corrected chi connectivity index (χ4v) is 4.72. The zero-order chi connectivity index (χ0) is 17.1. The van der Waals surface area contributed by atoms with Crippen molar-refractivity contribution in [2.75, 3.05) is 13.1 Å². The average Bonchev–Trinajstić information content (AvgIpc) is 2.68. The molecular weight excluding hydrogens is 330 g/mol. The lowest BCUT2D eigenvalue weighted by atomic mass is 10.0. The van der Waals surface area contributed by atoms with Gasteiger partial charge in [0.05, 0.1) is 5.25 Å². The van der Waals surface area contributed by atoms with Gasteiger partial charge in [-0.15, -0.1) is 11.8 Å². The van der Waals surface area contributed by atoms with E-state index in [1.807, 2.05) is 17.8 Å². The number of fused-ring (bicyclic) bond motifs is 1. The third kappa shape index (κ3) is 3.80. The third-order valence-electron chi connectivity index (χ3n) is 4.92. The highest BCUT2D eigenvalue weighted by Crippen LogP contribution is 2.46. The predicted octanol–water partition coefficient (Wildman–Crippen LogP) is 4.82. The molecule has 1 fully saturated rings. The smallest absolute Gasteiger partial charge is 0.136 e. The van der Waals surface area contributed by atoms with Crippen LogP contribution in [0.2, 0.25) is 0 Å². The molecule has 0 amide bonds. The van der Waals surface area contributed by atoms with Crippen LogP contribution in [0.1, 0.15) is 37.9 Å². The van der Waals surface area contributed by atoms with Crippen molar-refractivity contribution in [1.82, 2.24) is 5.32 Å². The quantitative estimate of drug-likeness (QED) is 0.851. The first-order valence-corrected chi connectivity index (χ1v) is 10.1. The molecule has 2 unspecified atom stereocenters. The van der Waals surface area contributed by atoms with Crippen LogP contribution < -0.4 is 14.8 Å². The Morgan fingerprint density at radius 2 is 1.84 bits per heavy atom. The number of thioether (sulfide) groups is 1. The molecule has 132 valence electrons. The SMILES string of the molecule is CCC1Sc2ccccc2OC1c1ccc(OC2CCNCC2)cc1. The Kier molecular flexibility index (Phi) is 5.18. The molecule has 0 spiro atoms. The summed E-state index contributed by atoms with van der Waals surface area (Å²) in [5, 5.41) is 3.81. The number of ether oxygens (including phenoxy) is 2. The van der Waals surface area contributed by atoms with E-state index in [1.54, 1.807) is 0 Å². The highest BCUT2D eigenvalue weighted by molar-refractivity contribution is 8.00. The summed E-state index contributed by atoms with van der Waals surface area (Å²) in [5.41, 5.74) is 1.23. The van der Waals surface area contributed by atoms with Gasteiger partial charge in [0.1, 0.15) is 23.7 Å². The van der Waals surface area contributed by atoms with Crippen LogP contribution in [0.4, 0.5) is 0 Å². The number of rotatable bonds is 4. The van der Waals surface area contributed by atoms with Crippen LogP contribution in [0.25, 0.3) is 0 Å². The number of piperidine rings is 1. The standard InChI is InChI=1S/C21H25NO2S/c1-2-19-21(24-18-5-3-4-6-20(18)25-19)15-7-9-16(10-8-15)23-17-11-13-22-14-12-17/h3-10,17,19,21-22H,2,11-14H2,1H3. The maximum atomic E-state index is 6.34. The Balaban J connectivity index is 1.49.